The SMILES string of the molecule is CC(C)C(=O)N1CCC(CS(=O)(=O)c2ccc(OCC(=CF)CN)cc2)C1. The van der Waals surface area contributed by atoms with Crippen LogP contribution in [-0.4, -0.2) is 51.2 Å². The van der Waals surface area contributed by atoms with Gasteiger partial charge in [0.2, 0.25) is 5.91 Å². The van der Waals surface area contributed by atoms with E-state index in [0.29, 0.717) is 37.2 Å². The van der Waals surface area contributed by atoms with Gasteiger partial charge in [-0.25, -0.2) is 12.8 Å². The Kier molecular flexibility index (Phi) is 7.38. The van der Waals surface area contributed by atoms with Crippen LogP contribution in [0.1, 0.15) is 20.3 Å². The molecule has 1 aliphatic rings. The maximum absolute atomic E-state index is 12.6. The fourth-order valence-electron chi connectivity index (χ4n) is 2.99. The van der Waals surface area contributed by atoms with Crippen molar-refractivity contribution in [1.82, 2.24) is 4.90 Å². The molecule has 6 nitrogen and oxygen atoms in total. The van der Waals surface area contributed by atoms with Crippen LogP contribution < -0.4 is 10.5 Å². The summed E-state index contributed by atoms with van der Waals surface area (Å²) in [5, 5.41) is 0. The van der Waals surface area contributed by atoms with Crippen molar-refractivity contribution in [2.75, 3.05) is 32.0 Å². The number of carbonyl (C=O) groups is 1. The molecule has 1 unspecified atom stereocenters. The first-order valence-corrected chi connectivity index (χ1v) is 10.6. The normalized spacial score (nSPS) is 18.2. The number of sulfone groups is 1. The van der Waals surface area contributed by atoms with E-state index in [1.807, 2.05) is 13.8 Å². The lowest BCUT2D eigenvalue weighted by molar-refractivity contribution is -0.133. The Bertz CT molecular complexity index is 775. The summed E-state index contributed by atoms with van der Waals surface area (Å²) in [6.45, 7) is 4.84. The number of likely N-dealkylation sites (tertiary alicyclic amines) is 1. The number of hydrogen-bond acceptors (Lipinski definition) is 5. The molecule has 27 heavy (non-hydrogen) atoms. The lowest BCUT2D eigenvalue weighted by atomic mass is 10.1. The van der Waals surface area contributed by atoms with Gasteiger partial charge in [0.15, 0.2) is 9.84 Å². The van der Waals surface area contributed by atoms with Gasteiger partial charge in [-0.15, -0.1) is 0 Å². The van der Waals surface area contributed by atoms with E-state index in [1.165, 1.54) is 12.1 Å². The van der Waals surface area contributed by atoms with E-state index in [9.17, 15) is 17.6 Å². The zero-order valence-corrected chi connectivity index (χ0v) is 16.5. The largest absolute Gasteiger partial charge is 0.489 e. The van der Waals surface area contributed by atoms with Crippen LogP contribution in [0, 0.1) is 11.8 Å². The first kappa shape index (κ1) is 21.4. The van der Waals surface area contributed by atoms with Crippen LogP contribution in [0.5, 0.6) is 5.75 Å². The molecular weight excluding hydrogens is 371 g/mol. The number of ether oxygens (including phenoxy) is 1. The van der Waals surface area contributed by atoms with E-state index >= 15 is 0 Å². The quantitative estimate of drug-likeness (QED) is 0.725. The summed E-state index contributed by atoms with van der Waals surface area (Å²) in [7, 11) is -3.46. The standard InChI is InChI=1S/C19H27FN2O4S/c1-14(2)19(23)22-8-7-15(11-22)13-27(24,25)18-5-3-17(4-6-18)26-12-16(9-20)10-21/h3-6,9,14-15H,7-8,10-13,21H2,1-2H3. The number of hydrogen-bond donors (Lipinski definition) is 1. The molecule has 2 N–H and O–H groups in total. The Labute approximate surface area is 160 Å². The van der Waals surface area contributed by atoms with Crippen molar-refractivity contribution in [2.45, 2.75) is 25.2 Å². The average Bonchev–Trinajstić information content (AvgIpc) is 3.09. The molecule has 0 saturated carbocycles. The Morgan fingerprint density at radius 1 is 1.37 bits per heavy atom. The number of amides is 1. The molecule has 1 aromatic rings. The Morgan fingerprint density at radius 2 is 2.04 bits per heavy atom. The van der Waals surface area contributed by atoms with E-state index in [2.05, 4.69) is 0 Å². The first-order chi connectivity index (χ1) is 12.8. The van der Waals surface area contributed by atoms with Gasteiger partial charge in [-0.2, -0.15) is 0 Å². The van der Waals surface area contributed by atoms with E-state index in [0.717, 1.165) is 0 Å². The number of nitrogens with two attached hydrogens (primary N) is 1. The summed E-state index contributed by atoms with van der Waals surface area (Å²) in [6, 6.07) is 6.06. The molecule has 1 fully saturated rings. The average molecular weight is 399 g/mol. The summed E-state index contributed by atoms with van der Waals surface area (Å²) < 4.78 is 43.2. The molecule has 0 bridgehead atoms. The van der Waals surface area contributed by atoms with Crippen molar-refractivity contribution in [3.05, 3.63) is 36.2 Å². The highest BCUT2D eigenvalue weighted by atomic mass is 32.2. The summed E-state index contributed by atoms with van der Waals surface area (Å²) >= 11 is 0. The summed E-state index contributed by atoms with van der Waals surface area (Å²) in [4.78, 5) is 14.0. The van der Waals surface area contributed by atoms with E-state index in [-0.39, 0.29) is 41.5 Å². The molecule has 1 atom stereocenters. The molecule has 0 radical (unpaired) electrons. The predicted octanol–water partition coefficient (Wildman–Crippen LogP) is 2.16. The summed E-state index contributed by atoms with van der Waals surface area (Å²) in [5.74, 6) is 0.374. The molecule has 1 heterocycles. The maximum atomic E-state index is 12.6. The van der Waals surface area contributed by atoms with Crippen LogP contribution in [-0.2, 0) is 14.6 Å². The molecule has 1 amide bonds. The lowest BCUT2D eigenvalue weighted by Gasteiger charge is -2.18. The number of nitrogens with zero attached hydrogens (tertiary/aromatic N) is 1. The molecule has 0 spiro atoms. The van der Waals surface area contributed by atoms with Crippen LogP contribution in [0.2, 0.25) is 0 Å². The van der Waals surface area contributed by atoms with Crippen molar-refractivity contribution in [3.63, 3.8) is 0 Å². The number of carbonyl (C=O) groups excluding carboxylic acids is 1. The Hall–Kier alpha value is -1.93. The fraction of sp³-hybridized carbons (Fsp3) is 0.526. The molecule has 0 aromatic heterocycles. The third kappa shape index (κ3) is 5.77. The van der Waals surface area contributed by atoms with Gasteiger partial charge in [-0.05, 0) is 36.6 Å². The maximum Gasteiger partial charge on any atom is 0.225 e. The Balaban J connectivity index is 1.96. The molecule has 1 saturated heterocycles. The molecule has 150 valence electrons. The van der Waals surface area contributed by atoms with Gasteiger partial charge in [0, 0.05) is 31.1 Å². The third-order valence-corrected chi connectivity index (χ3v) is 6.47. The first-order valence-electron chi connectivity index (χ1n) is 8.99. The van der Waals surface area contributed by atoms with Crippen LogP contribution in [0.3, 0.4) is 0 Å². The van der Waals surface area contributed by atoms with E-state index < -0.39 is 9.84 Å². The van der Waals surface area contributed by atoms with Crippen LogP contribution in [0.25, 0.3) is 0 Å². The number of benzene rings is 1. The predicted molar refractivity (Wildman–Crippen MR) is 102 cm³/mol. The fourth-order valence-corrected chi connectivity index (χ4v) is 4.63. The monoisotopic (exact) mass is 398 g/mol. The van der Waals surface area contributed by atoms with Crippen LogP contribution in [0.4, 0.5) is 4.39 Å². The minimum atomic E-state index is -3.46. The summed E-state index contributed by atoms with van der Waals surface area (Å²) in [5.41, 5.74) is 5.67. The molecule has 1 aromatic carbocycles. The van der Waals surface area contributed by atoms with Gasteiger partial charge >= 0.3 is 0 Å². The van der Waals surface area contributed by atoms with Crippen LogP contribution in [0.15, 0.2) is 41.1 Å². The van der Waals surface area contributed by atoms with Crippen molar-refractivity contribution < 1.29 is 22.3 Å². The minimum absolute atomic E-state index is 0.0109. The molecule has 8 heteroatoms. The lowest BCUT2D eigenvalue weighted by Crippen LogP contribution is -2.32. The summed E-state index contributed by atoms with van der Waals surface area (Å²) in [6.07, 6.45) is 1.10. The molecule has 1 aliphatic heterocycles. The molecular formula is C19H27FN2O4S. The second-order valence-corrected chi connectivity index (χ2v) is 9.14. The van der Waals surface area contributed by atoms with Gasteiger partial charge in [-0.3, -0.25) is 4.79 Å². The highest BCUT2D eigenvalue weighted by molar-refractivity contribution is 7.91. The number of rotatable bonds is 8. The highest BCUT2D eigenvalue weighted by Gasteiger charge is 2.31. The van der Waals surface area contributed by atoms with Gasteiger partial charge in [0.1, 0.15) is 12.4 Å². The second kappa shape index (κ2) is 9.32. The minimum Gasteiger partial charge on any atom is -0.489 e. The van der Waals surface area contributed by atoms with E-state index in [1.54, 1.807) is 17.0 Å². The topological polar surface area (TPSA) is 89.7 Å². The van der Waals surface area contributed by atoms with Crippen molar-refractivity contribution >= 4 is 15.7 Å². The van der Waals surface area contributed by atoms with Crippen LogP contribution >= 0.6 is 0 Å². The van der Waals surface area contributed by atoms with Gasteiger partial charge in [0.25, 0.3) is 0 Å². The second-order valence-electron chi connectivity index (χ2n) is 7.11. The zero-order chi connectivity index (χ0) is 20.0. The smallest absolute Gasteiger partial charge is 0.225 e. The van der Waals surface area contributed by atoms with Crippen molar-refractivity contribution in [2.24, 2.45) is 17.6 Å². The van der Waals surface area contributed by atoms with Gasteiger partial charge in [0.05, 0.1) is 17.0 Å². The van der Waals surface area contributed by atoms with Crippen molar-refractivity contribution in [1.29, 1.82) is 0 Å². The molecule has 2 rings (SSSR count). The van der Waals surface area contributed by atoms with Gasteiger partial charge in [-0.1, -0.05) is 13.8 Å². The Morgan fingerprint density at radius 3 is 2.59 bits per heavy atom. The third-order valence-electron chi connectivity index (χ3n) is 4.57. The highest BCUT2D eigenvalue weighted by Crippen LogP contribution is 2.24. The molecule has 0 aliphatic carbocycles. The zero-order valence-electron chi connectivity index (χ0n) is 15.7. The van der Waals surface area contributed by atoms with E-state index in [4.69, 9.17) is 10.5 Å². The van der Waals surface area contributed by atoms with Crippen molar-refractivity contribution in [3.8, 4) is 5.75 Å². The van der Waals surface area contributed by atoms with Gasteiger partial charge < -0.3 is 15.4 Å². The number of halogens is 1.